The Hall–Kier alpha value is -1.87. The van der Waals surface area contributed by atoms with Gasteiger partial charge in [-0.05, 0) is 66.5 Å². The minimum atomic E-state index is -0.310. The molecule has 1 N–H and O–H groups in total. The molecule has 6 nitrogen and oxygen atoms in total. The van der Waals surface area contributed by atoms with Gasteiger partial charge in [0.05, 0.1) is 23.8 Å². The number of aryl methyl sites for hydroxylation is 1. The molecule has 172 valence electrons. The number of halogens is 2. The molecule has 1 heterocycles. The molecule has 3 rings (SSSR count). The van der Waals surface area contributed by atoms with Gasteiger partial charge in [0, 0.05) is 29.4 Å². The number of anilines is 1. The number of carbonyl (C=O) groups excluding carboxylic acids is 1. The van der Waals surface area contributed by atoms with E-state index < -0.39 is 0 Å². The van der Waals surface area contributed by atoms with Crippen LogP contribution in [0.4, 0.5) is 5.69 Å². The largest absolute Gasteiger partial charge is 0.493 e. The monoisotopic (exact) mass is 540 g/mol. The summed E-state index contributed by atoms with van der Waals surface area (Å²) < 4.78 is 17.7. The number of hydrogen-bond donors (Lipinski definition) is 1. The molecule has 0 aliphatic carbocycles. The normalized spacial score (nSPS) is 18.2. The molecule has 0 bridgehead atoms. The molecule has 9 heteroatoms. The third kappa shape index (κ3) is 6.13. The summed E-state index contributed by atoms with van der Waals surface area (Å²) in [6.07, 6.45) is 0.207. The van der Waals surface area contributed by atoms with Crippen molar-refractivity contribution in [3.05, 3.63) is 51.0 Å². The molecule has 0 radical (unpaired) electrons. The number of ether oxygens (including phenoxy) is 3. The molecule has 0 unspecified atom stereocenters. The molecule has 0 aromatic heterocycles. The lowest BCUT2D eigenvalue weighted by Crippen LogP contribution is -2.47. The fraction of sp³-hybridized carbons (Fsp3) is 0.391. The summed E-state index contributed by atoms with van der Waals surface area (Å²) in [4.78, 5) is 15.2. The van der Waals surface area contributed by atoms with Gasteiger partial charge >= 0.3 is 0 Å². The lowest BCUT2D eigenvalue weighted by Gasteiger charge is -2.37. The number of rotatable bonds is 6. The Balaban J connectivity index is 1.70. The number of thiocarbonyl (C=S) groups is 1. The van der Waals surface area contributed by atoms with Gasteiger partial charge in [0.2, 0.25) is 0 Å². The average Bonchev–Trinajstić information content (AvgIpc) is 2.73. The molecule has 32 heavy (non-hydrogen) atoms. The quantitative estimate of drug-likeness (QED) is 0.506. The number of morpholine rings is 1. The number of nitrogens with one attached hydrogen (secondary N) is 1. The number of carbonyl (C=O) groups is 1. The molecule has 1 amide bonds. The molecular formula is C23H26BrClN2O4S. The van der Waals surface area contributed by atoms with Crippen LogP contribution < -0.4 is 14.8 Å². The maximum absolute atomic E-state index is 12.4. The predicted molar refractivity (Wildman–Crippen MR) is 134 cm³/mol. The standard InChI is InChI=1S/C23H26BrClN2O4S/c1-13-5-6-17(9-19(13)25)26-21(28)12-30-22-18(24)7-16(8-20(22)29-4)23(32)27-10-14(2)31-15(3)11-27/h5-9,14-15H,10-12H2,1-4H3,(H,26,28)/t14-,15+. The first kappa shape index (κ1) is 24.8. The minimum absolute atomic E-state index is 0.103. The van der Waals surface area contributed by atoms with E-state index in [1.807, 2.05) is 39.0 Å². The maximum Gasteiger partial charge on any atom is 0.262 e. The fourth-order valence-corrected chi connectivity index (χ4v) is 4.52. The van der Waals surface area contributed by atoms with Crippen molar-refractivity contribution < 1.29 is 19.0 Å². The van der Waals surface area contributed by atoms with Gasteiger partial charge in [-0.1, -0.05) is 29.9 Å². The van der Waals surface area contributed by atoms with Gasteiger partial charge in [0.15, 0.2) is 18.1 Å². The van der Waals surface area contributed by atoms with Crippen LogP contribution in [0.1, 0.15) is 25.0 Å². The van der Waals surface area contributed by atoms with Crippen molar-refractivity contribution in [1.82, 2.24) is 4.90 Å². The Morgan fingerprint density at radius 2 is 1.97 bits per heavy atom. The molecular weight excluding hydrogens is 516 g/mol. The van der Waals surface area contributed by atoms with E-state index in [1.54, 1.807) is 19.2 Å². The smallest absolute Gasteiger partial charge is 0.262 e. The second kappa shape index (κ2) is 10.8. The number of methoxy groups -OCH3 is 1. The van der Waals surface area contributed by atoms with E-state index in [9.17, 15) is 4.79 Å². The van der Waals surface area contributed by atoms with Crippen LogP contribution in [-0.4, -0.2) is 54.8 Å². The molecule has 1 aliphatic heterocycles. The van der Waals surface area contributed by atoms with E-state index in [0.717, 1.165) is 24.2 Å². The first-order chi connectivity index (χ1) is 15.2. The highest BCUT2D eigenvalue weighted by molar-refractivity contribution is 9.10. The van der Waals surface area contributed by atoms with Crippen LogP contribution >= 0.6 is 39.7 Å². The Morgan fingerprint density at radius 3 is 2.59 bits per heavy atom. The van der Waals surface area contributed by atoms with Crippen molar-refractivity contribution >= 4 is 56.3 Å². The van der Waals surface area contributed by atoms with Gasteiger partial charge in [-0.2, -0.15) is 0 Å². The Bertz CT molecular complexity index is 1010. The van der Waals surface area contributed by atoms with Crippen LogP contribution in [0.3, 0.4) is 0 Å². The van der Waals surface area contributed by atoms with Crippen LogP contribution in [0.25, 0.3) is 0 Å². The van der Waals surface area contributed by atoms with Crippen LogP contribution in [-0.2, 0) is 9.53 Å². The number of amides is 1. The van der Waals surface area contributed by atoms with Gasteiger partial charge in [0.25, 0.3) is 5.91 Å². The molecule has 1 saturated heterocycles. The van der Waals surface area contributed by atoms with Crippen LogP contribution in [0.5, 0.6) is 11.5 Å². The SMILES string of the molecule is COc1cc(C(=S)N2C[C@@H](C)O[C@@H](C)C2)cc(Br)c1OCC(=O)Nc1ccc(C)c(Cl)c1. The average molecular weight is 542 g/mol. The predicted octanol–water partition coefficient (Wildman–Crippen LogP) is 5.22. The van der Waals surface area contributed by atoms with E-state index in [-0.39, 0.29) is 24.7 Å². The topological polar surface area (TPSA) is 60.0 Å². The van der Waals surface area contributed by atoms with Crippen molar-refractivity contribution in [3.8, 4) is 11.5 Å². The van der Waals surface area contributed by atoms with E-state index in [2.05, 4.69) is 26.1 Å². The fourth-order valence-electron chi connectivity index (χ4n) is 3.52. The first-order valence-electron chi connectivity index (χ1n) is 10.2. The zero-order chi connectivity index (χ0) is 23.4. The molecule has 2 aromatic carbocycles. The van der Waals surface area contributed by atoms with Crippen LogP contribution in [0.2, 0.25) is 5.02 Å². The third-order valence-electron chi connectivity index (χ3n) is 4.99. The van der Waals surface area contributed by atoms with E-state index in [4.69, 9.17) is 38.0 Å². The van der Waals surface area contributed by atoms with Gasteiger partial charge in [-0.3, -0.25) is 4.79 Å². The lowest BCUT2D eigenvalue weighted by atomic mass is 10.1. The molecule has 2 aromatic rings. The summed E-state index contributed by atoms with van der Waals surface area (Å²) in [6, 6.07) is 9.04. The van der Waals surface area contributed by atoms with Crippen molar-refractivity contribution in [1.29, 1.82) is 0 Å². The molecule has 1 aliphatic rings. The molecule has 0 spiro atoms. The summed E-state index contributed by atoms with van der Waals surface area (Å²) in [5.74, 6) is 0.604. The van der Waals surface area contributed by atoms with E-state index in [1.165, 1.54) is 0 Å². The number of hydrogen-bond acceptors (Lipinski definition) is 5. The van der Waals surface area contributed by atoms with Gasteiger partial charge in [-0.15, -0.1) is 0 Å². The van der Waals surface area contributed by atoms with Crippen molar-refractivity contribution in [2.24, 2.45) is 0 Å². The highest BCUT2D eigenvalue weighted by Gasteiger charge is 2.25. The molecule has 1 fully saturated rings. The van der Waals surface area contributed by atoms with E-state index in [0.29, 0.717) is 31.7 Å². The molecule has 2 atom stereocenters. The number of benzene rings is 2. The van der Waals surface area contributed by atoms with Crippen LogP contribution in [0, 0.1) is 6.92 Å². The second-order valence-electron chi connectivity index (χ2n) is 7.76. The van der Waals surface area contributed by atoms with Crippen molar-refractivity contribution in [2.75, 3.05) is 32.1 Å². The van der Waals surface area contributed by atoms with Crippen LogP contribution in [0.15, 0.2) is 34.8 Å². The van der Waals surface area contributed by atoms with Crippen molar-refractivity contribution in [3.63, 3.8) is 0 Å². The third-order valence-corrected chi connectivity index (χ3v) is 6.48. The van der Waals surface area contributed by atoms with Gasteiger partial charge in [0.1, 0.15) is 4.99 Å². The lowest BCUT2D eigenvalue weighted by molar-refractivity contribution is -0.118. The molecule has 0 saturated carbocycles. The van der Waals surface area contributed by atoms with Gasteiger partial charge < -0.3 is 24.4 Å². The summed E-state index contributed by atoms with van der Waals surface area (Å²) in [5, 5.41) is 3.36. The maximum atomic E-state index is 12.4. The van der Waals surface area contributed by atoms with E-state index >= 15 is 0 Å². The second-order valence-corrected chi connectivity index (χ2v) is 9.41. The zero-order valence-corrected chi connectivity index (χ0v) is 21.6. The summed E-state index contributed by atoms with van der Waals surface area (Å²) >= 11 is 15.4. The highest BCUT2D eigenvalue weighted by Crippen LogP contribution is 2.37. The summed E-state index contributed by atoms with van der Waals surface area (Å²) in [5.41, 5.74) is 2.37. The Kier molecular flexibility index (Phi) is 8.38. The number of nitrogens with zero attached hydrogens (tertiary/aromatic N) is 1. The summed E-state index contributed by atoms with van der Waals surface area (Å²) in [7, 11) is 1.55. The zero-order valence-electron chi connectivity index (χ0n) is 18.4. The minimum Gasteiger partial charge on any atom is -0.493 e. The van der Waals surface area contributed by atoms with Crippen molar-refractivity contribution in [2.45, 2.75) is 33.0 Å². The first-order valence-corrected chi connectivity index (χ1v) is 11.8. The summed E-state index contributed by atoms with van der Waals surface area (Å²) in [6.45, 7) is 7.23. The Labute approximate surface area is 207 Å². The van der Waals surface area contributed by atoms with Gasteiger partial charge in [-0.25, -0.2) is 0 Å². The Morgan fingerprint density at radius 1 is 1.28 bits per heavy atom. The highest BCUT2D eigenvalue weighted by atomic mass is 79.9.